The van der Waals surface area contributed by atoms with Crippen LogP contribution >= 0.6 is 0 Å². The van der Waals surface area contributed by atoms with Crippen LogP contribution in [0.3, 0.4) is 0 Å². The molecule has 0 radical (unpaired) electrons. The average Bonchev–Trinajstić information content (AvgIpc) is 2.54. The van der Waals surface area contributed by atoms with E-state index in [1.54, 1.807) is 6.07 Å². The van der Waals surface area contributed by atoms with Crippen molar-refractivity contribution in [1.82, 2.24) is 5.32 Å². The van der Waals surface area contributed by atoms with E-state index in [4.69, 9.17) is 0 Å². The molecule has 3 aromatic rings. The molecule has 0 aliphatic heterocycles. The van der Waals surface area contributed by atoms with Gasteiger partial charge in [0.2, 0.25) is 0 Å². The first kappa shape index (κ1) is 14.4. The molecule has 1 amide bonds. The second kappa shape index (κ2) is 5.68. The summed E-state index contributed by atoms with van der Waals surface area (Å²) in [5.41, 5.74) is 0.322. The minimum atomic E-state index is -0.234. The van der Waals surface area contributed by atoms with Crippen LogP contribution in [0.5, 0.6) is 5.75 Å². The number of amides is 1. The normalized spacial score (nSPS) is 12.5. The highest BCUT2D eigenvalue weighted by molar-refractivity contribution is 6.12. The molecule has 0 saturated carbocycles. The summed E-state index contributed by atoms with van der Waals surface area (Å²) in [5.74, 6) is -0.189. The number of phenols is 1. The minimum Gasteiger partial charge on any atom is -0.506 e. The summed E-state index contributed by atoms with van der Waals surface area (Å²) in [6.07, 6.45) is 0.852. The Labute approximate surface area is 129 Å². The first-order valence-electron chi connectivity index (χ1n) is 7.56. The van der Waals surface area contributed by atoms with Crippen molar-refractivity contribution in [3.05, 3.63) is 54.1 Å². The Morgan fingerprint density at radius 2 is 1.77 bits per heavy atom. The van der Waals surface area contributed by atoms with Crippen molar-refractivity contribution in [1.29, 1.82) is 0 Å². The lowest BCUT2D eigenvalue weighted by atomic mass is 9.99. The number of hydrogen-bond acceptors (Lipinski definition) is 2. The largest absolute Gasteiger partial charge is 0.506 e. The highest BCUT2D eigenvalue weighted by atomic mass is 16.3. The van der Waals surface area contributed by atoms with E-state index >= 15 is 0 Å². The lowest BCUT2D eigenvalue weighted by Crippen LogP contribution is -2.31. The van der Waals surface area contributed by atoms with Gasteiger partial charge in [0.15, 0.2) is 0 Å². The molecule has 3 rings (SSSR count). The Morgan fingerprint density at radius 3 is 2.55 bits per heavy atom. The Kier molecular flexibility index (Phi) is 3.72. The van der Waals surface area contributed by atoms with Crippen molar-refractivity contribution in [3.63, 3.8) is 0 Å². The molecule has 0 heterocycles. The molecule has 0 fully saturated rings. The van der Waals surface area contributed by atoms with Gasteiger partial charge in [-0.15, -0.1) is 0 Å². The average molecular weight is 293 g/mol. The van der Waals surface area contributed by atoms with Crippen LogP contribution in [0.2, 0.25) is 0 Å². The van der Waals surface area contributed by atoms with Gasteiger partial charge in [0.25, 0.3) is 5.91 Å². The number of carbonyl (C=O) groups excluding carboxylic acids is 1. The molecule has 3 aromatic carbocycles. The van der Waals surface area contributed by atoms with E-state index in [9.17, 15) is 9.90 Å². The first-order valence-corrected chi connectivity index (χ1v) is 7.56. The number of rotatable bonds is 3. The first-order chi connectivity index (χ1) is 10.6. The molecule has 2 N–H and O–H groups in total. The Balaban J connectivity index is 2.14. The van der Waals surface area contributed by atoms with E-state index in [0.29, 0.717) is 10.9 Å². The predicted octanol–water partition coefficient (Wildman–Crippen LogP) is 4.23. The third-order valence-electron chi connectivity index (χ3n) is 4.13. The SMILES string of the molecule is CCC(C)NC(=O)c1ccc2c(ccc3ccccc32)c1O. The summed E-state index contributed by atoms with van der Waals surface area (Å²) in [6, 6.07) is 15.5. The number of carbonyl (C=O) groups is 1. The molecule has 0 spiro atoms. The zero-order valence-corrected chi connectivity index (χ0v) is 12.8. The van der Waals surface area contributed by atoms with Crippen molar-refractivity contribution >= 4 is 27.5 Å². The van der Waals surface area contributed by atoms with Gasteiger partial charge in [-0.25, -0.2) is 0 Å². The van der Waals surface area contributed by atoms with Crippen LogP contribution in [0.25, 0.3) is 21.5 Å². The Bertz CT molecular complexity index is 855. The van der Waals surface area contributed by atoms with Crippen LogP contribution in [0.1, 0.15) is 30.6 Å². The maximum atomic E-state index is 12.3. The lowest BCUT2D eigenvalue weighted by Gasteiger charge is -2.14. The summed E-state index contributed by atoms with van der Waals surface area (Å²) in [7, 11) is 0. The van der Waals surface area contributed by atoms with E-state index in [2.05, 4.69) is 5.32 Å². The Morgan fingerprint density at radius 1 is 1.05 bits per heavy atom. The summed E-state index contributed by atoms with van der Waals surface area (Å²) in [6.45, 7) is 3.96. The number of nitrogens with one attached hydrogen (secondary N) is 1. The summed E-state index contributed by atoms with van der Waals surface area (Å²) < 4.78 is 0. The summed E-state index contributed by atoms with van der Waals surface area (Å²) >= 11 is 0. The third kappa shape index (κ3) is 2.39. The fourth-order valence-corrected chi connectivity index (χ4v) is 2.66. The highest BCUT2D eigenvalue weighted by Crippen LogP contribution is 2.33. The molecule has 3 nitrogen and oxygen atoms in total. The van der Waals surface area contributed by atoms with E-state index in [1.165, 1.54) is 0 Å². The monoisotopic (exact) mass is 293 g/mol. The van der Waals surface area contributed by atoms with Crippen molar-refractivity contribution in [3.8, 4) is 5.75 Å². The molecule has 22 heavy (non-hydrogen) atoms. The van der Waals surface area contributed by atoms with Crippen LogP contribution in [-0.2, 0) is 0 Å². The lowest BCUT2D eigenvalue weighted by molar-refractivity contribution is 0.0937. The smallest absolute Gasteiger partial charge is 0.255 e. The molecule has 0 saturated heterocycles. The third-order valence-corrected chi connectivity index (χ3v) is 4.13. The molecule has 0 aromatic heterocycles. The molecule has 112 valence electrons. The van der Waals surface area contributed by atoms with Gasteiger partial charge in [-0.1, -0.05) is 43.3 Å². The summed E-state index contributed by atoms with van der Waals surface area (Å²) in [4.78, 5) is 12.3. The second-order valence-electron chi connectivity index (χ2n) is 5.63. The predicted molar refractivity (Wildman–Crippen MR) is 90.3 cm³/mol. The number of benzene rings is 3. The quantitative estimate of drug-likeness (QED) is 0.710. The fraction of sp³-hybridized carbons (Fsp3) is 0.211. The molecule has 0 aliphatic carbocycles. The zero-order chi connectivity index (χ0) is 15.7. The van der Waals surface area contributed by atoms with Gasteiger partial charge in [-0.2, -0.15) is 0 Å². The number of fused-ring (bicyclic) bond motifs is 3. The van der Waals surface area contributed by atoms with Gasteiger partial charge in [0, 0.05) is 11.4 Å². The van der Waals surface area contributed by atoms with Gasteiger partial charge >= 0.3 is 0 Å². The van der Waals surface area contributed by atoms with E-state index < -0.39 is 0 Å². The zero-order valence-electron chi connectivity index (χ0n) is 12.8. The molecule has 3 heteroatoms. The highest BCUT2D eigenvalue weighted by Gasteiger charge is 2.16. The number of hydrogen-bond donors (Lipinski definition) is 2. The van der Waals surface area contributed by atoms with E-state index in [-0.39, 0.29) is 17.7 Å². The van der Waals surface area contributed by atoms with Crippen molar-refractivity contribution in [2.24, 2.45) is 0 Å². The van der Waals surface area contributed by atoms with Crippen molar-refractivity contribution < 1.29 is 9.90 Å². The fourth-order valence-electron chi connectivity index (χ4n) is 2.66. The van der Waals surface area contributed by atoms with Gasteiger partial charge in [0.05, 0.1) is 5.56 Å². The van der Waals surface area contributed by atoms with Crippen LogP contribution in [0.4, 0.5) is 0 Å². The molecule has 1 unspecified atom stereocenters. The molecule has 0 aliphatic rings. The van der Waals surface area contributed by atoms with Gasteiger partial charge in [0.1, 0.15) is 5.75 Å². The van der Waals surface area contributed by atoms with Crippen LogP contribution in [0.15, 0.2) is 48.5 Å². The standard InChI is InChI=1S/C19H19NO2/c1-3-12(2)20-19(22)17-11-10-15-14-7-5-4-6-13(14)8-9-16(15)18(17)21/h4-12,21H,3H2,1-2H3,(H,20,22). The van der Waals surface area contributed by atoms with E-state index in [1.807, 2.05) is 56.3 Å². The van der Waals surface area contributed by atoms with Crippen LogP contribution < -0.4 is 5.32 Å². The maximum absolute atomic E-state index is 12.3. The van der Waals surface area contributed by atoms with Gasteiger partial charge in [-0.3, -0.25) is 4.79 Å². The number of aromatic hydroxyl groups is 1. The van der Waals surface area contributed by atoms with Crippen LogP contribution in [-0.4, -0.2) is 17.1 Å². The van der Waals surface area contributed by atoms with Gasteiger partial charge < -0.3 is 10.4 Å². The van der Waals surface area contributed by atoms with Crippen molar-refractivity contribution in [2.45, 2.75) is 26.3 Å². The molecular weight excluding hydrogens is 274 g/mol. The summed E-state index contributed by atoms with van der Waals surface area (Å²) in [5, 5.41) is 17.2. The Hall–Kier alpha value is -2.55. The topological polar surface area (TPSA) is 49.3 Å². The van der Waals surface area contributed by atoms with E-state index in [0.717, 1.165) is 22.6 Å². The maximum Gasteiger partial charge on any atom is 0.255 e. The van der Waals surface area contributed by atoms with Crippen molar-refractivity contribution in [2.75, 3.05) is 0 Å². The molecule has 1 atom stereocenters. The molecular formula is C19H19NO2. The molecule has 0 bridgehead atoms. The number of phenolic OH excluding ortho intramolecular Hbond substituents is 1. The van der Waals surface area contributed by atoms with Gasteiger partial charge in [-0.05, 0) is 41.6 Å². The van der Waals surface area contributed by atoms with Crippen LogP contribution in [0, 0.1) is 0 Å². The minimum absolute atomic E-state index is 0.0454. The second-order valence-corrected chi connectivity index (χ2v) is 5.63.